The Morgan fingerprint density at radius 1 is 1.29 bits per heavy atom. The number of aromatic nitrogens is 2. The quantitative estimate of drug-likeness (QED) is 0.851. The van der Waals surface area contributed by atoms with Crippen molar-refractivity contribution in [3.05, 3.63) is 52.8 Å². The molecule has 1 aromatic carbocycles. The van der Waals surface area contributed by atoms with E-state index in [1.165, 1.54) is 5.56 Å². The van der Waals surface area contributed by atoms with E-state index in [0.29, 0.717) is 17.5 Å². The lowest BCUT2D eigenvalue weighted by Gasteiger charge is -2.19. The van der Waals surface area contributed by atoms with Crippen LogP contribution in [-0.2, 0) is 6.42 Å². The highest BCUT2D eigenvalue weighted by Crippen LogP contribution is 2.23. The van der Waals surface area contributed by atoms with Crippen LogP contribution in [0.1, 0.15) is 30.6 Å². The number of nitrogens with one attached hydrogen (secondary N) is 1. The topological polar surface area (TPSA) is 47.0 Å². The minimum Gasteiger partial charge on any atom is -0.467 e. The molecule has 5 heteroatoms. The Kier molecular flexibility index (Phi) is 5.96. The number of hydrogen-bond donors (Lipinski definition) is 1. The number of rotatable bonds is 7. The van der Waals surface area contributed by atoms with Gasteiger partial charge in [0.05, 0.1) is 24.0 Å². The van der Waals surface area contributed by atoms with Crippen LogP contribution in [0.5, 0.6) is 6.01 Å². The first-order valence-corrected chi connectivity index (χ1v) is 7.46. The predicted octanol–water partition coefficient (Wildman–Crippen LogP) is 3.42. The molecular formula is C16H20ClN3O. The minimum atomic E-state index is 0.170. The van der Waals surface area contributed by atoms with Crippen LogP contribution in [0.3, 0.4) is 0 Å². The number of ether oxygens (including phenoxy) is 1. The van der Waals surface area contributed by atoms with Crippen molar-refractivity contribution >= 4 is 11.6 Å². The summed E-state index contributed by atoms with van der Waals surface area (Å²) in [4.78, 5) is 8.37. The van der Waals surface area contributed by atoms with Crippen molar-refractivity contribution in [2.24, 2.45) is 0 Å². The second kappa shape index (κ2) is 7.96. The summed E-state index contributed by atoms with van der Waals surface area (Å²) < 4.78 is 5.08. The summed E-state index contributed by atoms with van der Waals surface area (Å²) >= 11 is 6.21. The molecule has 1 atom stereocenters. The van der Waals surface area contributed by atoms with Gasteiger partial charge < -0.3 is 10.1 Å². The Labute approximate surface area is 130 Å². The molecular weight excluding hydrogens is 286 g/mol. The molecule has 0 amide bonds. The second-order valence-electron chi connectivity index (χ2n) is 4.77. The van der Waals surface area contributed by atoms with Crippen LogP contribution < -0.4 is 10.1 Å². The molecule has 0 radical (unpaired) electrons. The molecule has 2 rings (SSSR count). The number of methoxy groups -OCH3 is 1. The van der Waals surface area contributed by atoms with E-state index < -0.39 is 0 Å². The first-order chi connectivity index (χ1) is 10.2. The van der Waals surface area contributed by atoms with Gasteiger partial charge in [0, 0.05) is 12.5 Å². The maximum Gasteiger partial charge on any atom is 0.316 e. The maximum atomic E-state index is 6.21. The summed E-state index contributed by atoms with van der Waals surface area (Å²) in [6, 6.07) is 10.8. The zero-order chi connectivity index (χ0) is 15.1. The van der Waals surface area contributed by atoms with Gasteiger partial charge in [-0.2, -0.15) is 4.98 Å². The van der Waals surface area contributed by atoms with Crippen LogP contribution in [0.25, 0.3) is 0 Å². The van der Waals surface area contributed by atoms with Gasteiger partial charge in [-0.25, -0.2) is 4.98 Å². The highest BCUT2D eigenvalue weighted by Gasteiger charge is 2.15. The molecule has 2 aromatic rings. The molecule has 0 aliphatic carbocycles. The first-order valence-electron chi connectivity index (χ1n) is 7.08. The summed E-state index contributed by atoms with van der Waals surface area (Å²) in [5.41, 5.74) is 2.01. The first kappa shape index (κ1) is 15.7. The van der Waals surface area contributed by atoms with Crippen LogP contribution in [0.4, 0.5) is 0 Å². The summed E-state index contributed by atoms with van der Waals surface area (Å²) in [5, 5.41) is 4.10. The second-order valence-corrected chi connectivity index (χ2v) is 5.18. The number of hydrogen-bond acceptors (Lipinski definition) is 4. The van der Waals surface area contributed by atoms with E-state index in [4.69, 9.17) is 16.3 Å². The van der Waals surface area contributed by atoms with Crippen molar-refractivity contribution in [1.82, 2.24) is 15.3 Å². The van der Waals surface area contributed by atoms with Crippen LogP contribution >= 0.6 is 11.6 Å². The lowest BCUT2D eigenvalue weighted by molar-refractivity contribution is 0.376. The van der Waals surface area contributed by atoms with Gasteiger partial charge >= 0.3 is 6.01 Å². The van der Waals surface area contributed by atoms with Crippen molar-refractivity contribution in [3.8, 4) is 6.01 Å². The molecule has 0 bridgehead atoms. The summed E-state index contributed by atoms with van der Waals surface area (Å²) in [6.07, 6.45) is 3.36. The molecule has 1 unspecified atom stereocenters. The maximum absolute atomic E-state index is 6.21. The Hall–Kier alpha value is -1.65. The van der Waals surface area contributed by atoms with Gasteiger partial charge in [0.1, 0.15) is 0 Å². The third-order valence-corrected chi connectivity index (χ3v) is 3.53. The summed E-state index contributed by atoms with van der Waals surface area (Å²) in [6.45, 7) is 3.09. The number of benzene rings is 1. The van der Waals surface area contributed by atoms with Crippen molar-refractivity contribution in [3.63, 3.8) is 0 Å². The lowest BCUT2D eigenvalue weighted by atomic mass is 10.0. The van der Waals surface area contributed by atoms with Crippen molar-refractivity contribution < 1.29 is 4.74 Å². The van der Waals surface area contributed by atoms with Crippen LogP contribution in [-0.4, -0.2) is 23.6 Å². The SMILES string of the molecule is CCCNC(Cc1nc(OC)ncc1Cl)c1ccccc1. The average molecular weight is 306 g/mol. The highest BCUT2D eigenvalue weighted by molar-refractivity contribution is 6.31. The van der Waals surface area contributed by atoms with E-state index in [0.717, 1.165) is 18.7 Å². The molecule has 1 heterocycles. The minimum absolute atomic E-state index is 0.170. The van der Waals surface area contributed by atoms with Gasteiger partial charge in [-0.15, -0.1) is 0 Å². The molecule has 0 saturated heterocycles. The van der Waals surface area contributed by atoms with Crippen LogP contribution in [0.2, 0.25) is 5.02 Å². The van der Waals surface area contributed by atoms with Crippen molar-refractivity contribution in [2.45, 2.75) is 25.8 Å². The molecule has 1 aromatic heterocycles. The molecule has 21 heavy (non-hydrogen) atoms. The van der Waals surface area contributed by atoms with E-state index in [-0.39, 0.29) is 6.04 Å². The molecule has 4 nitrogen and oxygen atoms in total. The fourth-order valence-electron chi connectivity index (χ4n) is 2.13. The third-order valence-electron chi connectivity index (χ3n) is 3.22. The van der Waals surface area contributed by atoms with Gasteiger partial charge in [0.25, 0.3) is 0 Å². The fraction of sp³-hybridized carbons (Fsp3) is 0.375. The Bertz CT molecular complexity index is 563. The standard InChI is InChI=1S/C16H20ClN3O/c1-3-9-18-14(12-7-5-4-6-8-12)10-15-13(17)11-19-16(20-15)21-2/h4-8,11,14,18H,3,9-10H2,1-2H3. The highest BCUT2D eigenvalue weighted by atomic mass is 35.5. The number of halogens is 1. The van der Waals surface area contributed by atoms with Gasteiger partial charge in [-0.05, 0) is 18.5 Å². The monoisotopic (exact) mass is 305 g/mol. The van der Waals surface area contributed by atoms with Gasteiger partial charge in [-0.1, -0.05) is 48.9 Å². The molecule has 0 spiro atoms. The smallest absolute Gasteiger partial charge is 0.316 e. The van der Waals surface area contributed by atoms with Crippen LogP contribution in [0.15, 0.2) is 36.5 Å². The molecule has 0 fully saturated rings. The molecule has 0 saturated carbocycles. The van der Waals surface area contributed by atoms with Gasteiger partial charge in [-0.3, -0.25) is 0 Å². The van der Waals surface area contributed by atoms with E-state index in [2.05, 4.69) is 34.3 Å². The fourth-order valence-corrected chi connectivity index (χ4v) is 2.30. The number of nitrogens with zero attached hydrogens (tertiary/aromatic N) is 2. The lowest BCUT2D eigenvalue weighted by Crippen LogP contribution is -2.24. The molecule has 112 valence electrons. The molecule has 0 aliphatic rings. The molecule has 0 aliphatic heterocycles. The summed E-state index contributed by atoms with van der Waals surface area (Å²) in [7, 11) is 1.55. The zero-order valence-electron chi connectivity index (χ0n) is 12.3. The Morgan fingerprint density at radius 2 is 2.05 bits per heavy atom. The largest absolute Gasteiger partial charge is 0.467 e. The van der Waals surface area contributed by atoms with Crippen LogP contribution in [0, 0.1) is 0 Å². The van der Waals surface area contributed by atoms with Crippen molar-refractivity contribution in [2.75, 3.05) is 13.7 Å². The summed E-state index contributed by atoms with van der Waals surface area (Å²) in [5.74, 6) is 0. The average Bonchev–Trinajstić information content (AvgIpc) is 2.54. The normalized spacial score (nSPS) is 12.1. The molecule has 1 N–H and O–H groups in total. The van der Waals surface area contributed by atoms with E-state index in [1.54, 1.807) is 13.3 Å². The van der Waals surface area contributed by atoms with Gasteiger partial charge in [0.15, 0.2) is 0 Å². The zero-order valence-corrected chi connectivity index (χ0v) is 13.1. The van der Waals surface area contributed by atoms with E-state index in [9.17, 15) is 0 Å². The van der Waals surface area contributed by atoms with E-state index >= 15 is 0 Å². The predicted molar refractivity (Wildman–Crippen MR) is 84.8 cm³/mol. The van der Waals surface area contributed by atoms with Crippen molar-refractivity contribution in [1.29, 1.82) is 0 Å². The van der Waals surface area contributed by atoms with Gasteiger partial charge in [0.2, 0.25) is 0 Å². The Balaban J connectivity index is 2.22. The Morgan fingerprint density at radius 3 is 2.71 bits per heavy atom. The van der Waals surface area contributed by atoms with E-state index in [1.807, 2.05) is 18.2 Å². The third kappa shape index (κ3) is 4.41.